The normalized spacial score (nSPS) is 16.0. The highest BCUT2D eigenvalue weighted by molar-refractivity contribution is 4.65. The van der Waals surface area contributed by atoms with Gasteiger partial charge in [-0.3, -0.25) is 0 Å². The summed E-state index contributed by atoms with van der Waals surface area (Å²) in [5, 5.41) is 3.51. The van der Waals surface area contributed by atoms with Gasteiger partial charge in [0.2, 0.25) is 0 Å². The van der Waals surface area contributed by atoms with Crippen molar-refractivity contribution in [3.63, 3.8) is 0 Å². The Morgan fingerprint density at radius 1 is 1.00 bits per heavy atom. The van der Waals surface area contributed by atoms with Crippen LogP contribution in [0.15, 0.2) is 0 Å². The fraction of sp³-hybridized carbons (Fsp3) is 1.00. The highest BCUT2D eigenvalue weighted by Gasteiger charge is 2.06. The molecule has 0 aromatic heterocycles. The van der Waals surface area contributed by atoms with Gasteiger partial charge >= 0.3 is 0 Å². The number of nitrogens with one attached hydrogen (secondary N) is 1. The number of hydrogen-bond donors (Lipinski definition) is 1. The van der Waals surface area contributed by atoms with Gasteiger partial charge in [0.25, 0.3) is 0 Å². The quantitative estimate of drug-likeness (QED) is 0.620. The lowest BCUT2D eigenvalue weighted by molar-refractivity contribution is 0.408. The van der Waals surface area contributed by atoms with Crippen molar-refractivity contribution >= 4 is 0 Å². The van der Waals surface area contributed by atoms with Gasteiger partial charge in [0.1, 0.15) is 0 Å². The minimum Gasteiger partial charge on any atom is -0.314 e. The number of rotatable bonds is 7. The summed E-state index contributed by atoms with van der Waals surface area (Å²) in [6.07, 6.45) is 5.31. The van der Waals surface area contributed by atoms with Gasteiger partial charge in [0.15, 0.2) is 0 Å². The van der Waals surface area contributed by atoms with Gasteiger partial charge in [0, 0.05) is 6.04 Å². The Balaban J connectivity index is 3.43. The molecule has 0 rings (SSSR count). The van der Waals surface area contributed by atoms with Crippen molar-refractivity contribution in [3.8, 4) is 0 Å². The van der Waals surface area contributed by atoms with E-state index in [1.165, 1.54) is 25.7 Å². The maximum atomic E-state index is 3.51. The zero-order valence-electron chi connectivity index (χ0n) is 9.19. The minimum absolute atomic E-state index is 0.754. The van der Waals surface area contributed by atoms with E-state index in [4.69, 9.17) is 0 Å². The first kappa shape index (κ1) is 12.0. The predicted molar refractivity (Wildman–Crippen MR) is 56.4 cm³/mol. The average molecular weight is 171 g/mol. The van der Waals surface area contributed by atoms with E-state index in [0.717, 1.165) is 18.5 Å². The Hall–Kier alpha value is -0.0400. The first-order valence-corrected chi connectivity index (χ1v) is 5.47. The molecule has 74 valence electrons. The summed E-state index contributed by atoms with van der Waals surface area (Å²) < 4.78 is 0. The first-order chi connectivity index (χ1) is 5.74. The van der Waals surface area contributed by atoms with Crippen LogP contribution in [0.25, 0.3) is 0 Å². The third-order valence-corrected chi connectivity index (χ3v) is 2.69. The van der Waals surface area contributed by atoms with Crippen LogP contribution in [-0.4, -0.2) is 12.6 Å². The van der Waals surface area contributed by atoms with E-state index in [1.807, 2.05) is 0 Å². The molecule has 12 heavy (non-hydrogen) atoms. The Labute approximate surface area is 77.9 Å². The van der Waals surface area contributed by atoms with Crippen LogP contribution in [-0.2, 0) is 0 Å². The molecule has 0 saturated carbocycles. The van der Waals surface area contributed by atoms with Crippen molar-refractivity contribution < 1.29 is 0 Å². The molecule has 1 nitrogen and oxygen atoms in total. The zero-order valence-corrected chi connectivity index (χ0v) is 9.19. The molecule has 0 aliphatic rings. The molecule has 0 fully saturated rings. The second-order valence-electron chi connectivity index (χ2n) is 3.75. The molecule has 0 aromatic carbocycles. The predicted octanol–water partition coefficient (Wildman–Crippen LogP) is 3.20. The summed E-state index contributed by atoms with van der Waals surface area (Å²) >= 11 is 0. The molecule has 0 spiro atoms. The molecule has 0 aliphatic carbocycles. The first-order valence-electron chi connectivity index (χ1n) is 5.47. The van der Waals surface area contributed by atoms with E-state index >= 15 is 0 Å². The molecule has 1 heteroatoms. The van der Waals surface area contributed by atoms with Crippen LogP contribution in [0, 0.1) is 5.92 Å². The van der Waals surface area contributed by atoms with Crippen LogP contribution >= 0.6 is 0 Å². The second-order valence-corrected chi connectivity index (χ2v) is 3.75. The van der Waals surface area contributed by atoms with Crippen molar-refractivity contribution in [2.45, 2.75) is 59.4 Å². The van der Waals surface area contributed by atoms with Crippen molar-refractivity contribution in [2.75, 3.05) is 6.54 Å². The Kier molecular flexibility index (Phi) is 7.58. The second kappa shape index (κ2) is 7.60. The molecule has 0 heterocycles. The van der Waals surface area contributed by atoms with Crippen LogP contribution in [0.5, 0.6) is 0 Å². The maximum Gasteiger partial charge on any atom is 0.00644 e. The van der Waals surface area contributed by atoms with Gasteiger partial charge in [-0.15, -0.1) is 0 Å². The smallest absolute Gasteiger partial charge is 0.00644 e. The molecule has 0 bridgehead atoms. The molecule has 2 atom stereocenters. The van der Waals surface area contributed by atoms with Gasteiger partial charge in [-0.2, -0.15) is 0 Å². The summed E-state index contributed by atoms with van der Waals surface area (Å²) in [7, 11) is 0. The molecule has 0 saturated heterocycles. The molecule has 0 amide bonds. The standard InChI is InChI=1S/C11H25N/c1-5-10(4)8-9-11(6-2)12-7-3/h10-12H,5-9H2,1-4H3. The van der Waals surface area contributed by atoms with E-state index < -0.39 is 0 Å². The van der Waals surface area contributed by atoms with Crippen molar-refractivity contribution in [2.24, 2.45) is 5.92 Å². The minimum atomic E-state index is 0.754. The molecule has 0 aliphatic heterocycles. The average Bonchev–Trinajstić information content (AvgIpc) is 2.11. The van der Waals surface area contributed by atoms with Crippen LogP contribution in [0.3, 0.4) is 0 Å². The highest BCUT2D eigenvalue weighted by Crippen LogP contribution is 2.12. The van der Waals surface area contributed by atoms with Crippen molar-refractivity contribution in [1.82, 2.24) is 5.32 Å². The lowest BCUT2D eigenvalue weighted by Crippen LogP contribution is -2.28. The largest absolute Gasteiger partial charge is 0.314 e. The van der Waals surface area contributed by atoms with Crippen LogP contribution < -0.4 is 5.32 Å². The lowest BCUT2D eigenvalue weighted by Gasteiger charge is -2.17. The van der Waals surface area contributed by atoms with Gasteiger partial charge < -0.3 is 5.32 Å². The van der Waals surface area contributed by atoms with E-state index in [9.17, 15) is 0 Å². The summed E-state index contributed by atoms with van der Waals surface area (Å²) in [5.41, 5.74) is 0. The van der Waals surface area contributed by atoms with Gasteiger partial charge in [-0.05, 0) is 31.7 Å². The Morgan fingerprint density at radius 2 is 1.67 bits per heavy atom. The number of hydrogen-bond acceptors (Lipinski definition) is 1. The third-order valence-electron chi connectivity index (χ3n) is 2.69. The molecule has 2 unspecified atom stereocenters. The Bertz CT molecular complexity index is 91.0. The lowest BCUT2D eigenvalue weighted by atomic mass is 9.98. The van der Waals surface area contributed by atoms with E-state index in [1.54, 1.807) is 0 Å². The van der Waals surface area contributed by atoms with E-state index in [-0.39, 0.29) is 0 Å². The molecule has 0 radical (unpaired) electrons. The van der Waals surface area contributed by atoms with Crippen molar-refractivity contribution in [3.05, 3.63) is 0 Å². The summed E-state index contributed by atoms with van der Waals surface area (Å²) in [5.74, 6) is 0.901. The highest BCUT2D eigenvalue weighted by atomic mass is 14.9. The maximum absolute atomic E-state index is 3.51. The molecular weight excluding hydrogens is 146 g/mol. The molecular formula is C11H25N. The zero-order chi connectivity index (χ0) is 9.40. The topological polar surface area (TPSA) is 12.0 Å². The van der Waals surface area contributed by atoms with E-state index in [0.29, 0.717) is 0 Å². The summed E-state index contributed by atoms with van der Waals surface area (Å²) in [4.78, 5) is 0. The molecule has 0 aromatic rings. The molecule has 1 N–H and O–H groups in total. The van der Waals surface area contributed by atoms with Crippen LogP contribution in [0.4, 0.5) is 0 Å². The van der Waals surface area contributed by atoms with Crippen molar-refractivity contribution in [1.29, 1.82) is 0 Å². The summed E-state index contributed by atoms with van der Waals surface area (Å²) in [6, 6.07) is 0.754. The van der Waals surface area contributed by atoms with Gasteiger partial charge in [-0.1, -0.05) is 34.1 Å². The van der Waals surface area contributed by atoms with Crippen LogP contribution in [0.2, 0.25) is 0 Å². The van der Waals surface area contributed by atoms with Gasteiger partial charge in [-0.25, -0.2) is 0 Å². The van der Waals surface area contributed by atoms with Gasteiger partial charge in [0.05, 0.1) is 0 Å². The van der Waals surface area contributed by atoms with Crippen LogP contribution in [0.1, 0.15) is 53.4 Å². The fourth-order valence-corrected chi connectivity index (χ4v) is 1.43. The van der Waals surface area contributed by atoms with E-state index in [2.05, 4.69) is 33.0 Å². The third kappa shape index (κ3) is 5.59. The Morgan fingerprint density at radius 3 is 2.08 bits per heavy atom. The monoisotopic (exact) mass is 171 g/mol. The SMILES string of the molecule is CCNC(CC)CCC(C)CC. The fourth-order valence-electron chi connectivity index (χ4n) is 1.43. The summed E-state index contributed by atoms with van der Waals surface area (Å²) in [6.45, 7) is 10.2.